The van der Waals surface area contributed by atoms with Crippen LogP contribution in [0.2, 0.25) is 5.02 Å². The highest BCUT2D eigenvalue weighted by Crippen LogP contribution is 2.49. The number of nitrogens with one attached hydrogen (secondary N) is 2. The van der Waals surface area contributed by atoms with E-state index in [-0.39, 0.29) is 5.97 Å². The van der Waals surface area contributed by atoms with E-state index in [1.54, 1.807) is 24.3 Å². The molecule has 2 aliphatic rings. The maximum Gasteiger partial charge on any atom is 0.306 e. The molecule has 25 heavy (non-hydrogen) atoms. The lowest BCUT2D eigenvalue weighted by molar-refractivity contribution is -0.150. The molecule has 3 rings (SSSR count). The number of ether oxygens (including phenoxy) is 1. The van der Waals surface area contributed by atoms with Crippen LogP contribution < -0.4 is 10.9 Å². The molecule has 2 aliphatic carbocycles. The minimum atomic E-state index is -0.580. The van der Waals surface area contributed by atoms with Crippen LogP contribution in [0.15, 0.2) is 24.3 Å². The SMILES string of the molecule is O=C(COC(=O)C[C@@H]1C[C@@H]2CC[C@@H]1C2)NNC(=O)c1ccc(Cl)cc1. The molecule has 1 aromatic rings. The quantitative estimate of drug-likeness (QED) is 0.621. The summed E-state index contributed by atoms with van der Waals surface area (Å²) in [6, 6.07) is 6.24. The van der Waals surface area contributed by atoms with E-state index >= 15 is 0 Å². The number of amides is 2. The Labute approximate surface area is 151 Å². The lowest BCUT2D eigenvalue weighted by atomic mass is 9.86. The zero-order chi connectivity index (χ0) is 17.8. The van der Waals surface area contributed by atoms with Crippen molar-refractivity contribution in [1.29, 1.82) is 0 Å². The summed E-state index contributed by atoms with van der Waals surface area (Å²) in [6.07, 6.45) is 5.20. The molecule has 7 heteroatoms. The Bertz CT molecular complexity index is 662. The van der Waals surface area contributed by atoms with E-state index in [1.807, 2.05) is 0 Å². The van der Waals surface area contributed by atoms with Crippen LogP contribution in [0.3, 0.4) is 0 Å². The molecule has 1 aromatic carbocycles. The third-order valence-corrected chi connectivity index (χ3v) is 5.35. The van der Waals surface area contributed by atoms with Crippen molar-refractivity contribution in [2.24, 2.45) is 17.8 Å². The van der Waals surface area contributed by atoms with Crippen molar-refractivity contribution in [3.63, 3.8) is 0 Å². The summed E-state index contributed by atoms with van der Waals surface area (Å²) in [4.78, 5) is 35.4. The summed E-state index contributed by atoms with van der Waals surface area (Å²) >= 11 is 5.75. The van der Waals surface area contributed by atoms with Crippen molar-refractivity contribution in [3.05, 3.63) is 34.9 Å². The second kappa shape index (κ2) is 7.87. The van der Waals surface area contributed by atoms with E-state index < -0.39 is 18.4 Å². The highest BCUT2D eigenvalue weighted by atomic mass is 35.5. The average Bonchev–Trinajstić information content (AvgIpc) is 3.21. The summed E-state index contributed by atoms with van der Waals surface area (Å²) in [6.45, 7) is -0.402. The van der Waals surface area contributed by atoms with Gasteiger partial charge in [0.15, 0.2) is 6.61 Å². The fourth-order valence-corrected chi connectivity index (χ4v) is 4.01. The van der Waals surface area contributed by atoms with E-state index in [1.165, 1.54) is 19.3 Å². The predicted molar refractivity (Wildman–Crippen MR) is 91.6 cm³/mol. The zero-order valence-electron chi connectivity index (χ0n) is 13.8. The van der Waals surface area contributed by atoms with Gasteiger partial charge in [0.25, 0.3) is 11.8 Å². The number of rotatable bonds is 5. The van der Waals surface area contributed by atoms with E-state index in [9.17, 15) is 14.4 Å². The number of esters is 1. The van der Waals surface area contributed by atoms with E-state index in [4.69, 9.17) is 16.3 Å². The maximum atomic E-state index is 11.9. The van der Waals surface area contributed by atoms with Crippen LogP contribution in [0.5, 0.6) is 0 Å². The number of carbonyl (C=O) groups is 3. The molecule has 0 radical (unpaired) electrons. The number of hydrazine groups is 1. The third-order valence-electron chi connectivity index (χ3n) is 5.10. The Hall–Kier alpha value is -2.08. The first-order valence-electron chi connectivity index (χ1n) is 8.51. The van der Waals surface area contributed by atoms with Gasteiger partial charge in [-0.15, -0.1) is 0 Å². The van der Waals surface area contributed by atoms with Crippen molar-refractivity contribution >= 4 is 29.4 Å². The molecule has 6 nitrogen and oxygen atoms in total. The average molecular weight is 365 g/mol. The van der Waals surface area contributed by atoms with Crippen molar-refractivity contribution in [2.75, 3.05) is 6.61 Å². The monoisotopic (exact) mass is 364 g/mol. The Kier molecular flexibility index (Phi) is 5.58. The van der Waals surface area contributed by atoms with E-state index in [0.717, 1.165) is 12.3 Å². The Balaban J connectivity index is 1.34. The number of fused-ring (bicyclic) bond motifs is 2. The van der Waals surface area contributed by atoms with Crippen LogP contribution in [-0.4, -0.2) is 24.4 Å². The second-order valence-electron chi connectivity index (χ2n) is 6.81. The van der Waals surface area contributed by atoms with E-state index in [0.29, 0.717) is 28.8 Å². The van der Waals surface area contributed by atoms with Gasteiger partial charge in [-0.2, -0.15) is 0 Å². The molecule has 2 N–H and O–H groups in total. The number of carbonyl (C=O) groups excluding carboxylic acids is 3. The number of benzene rings is 1. The topological polar surface area (TPSA) is 84.5 Å². The van der Waals surface area contributed by atoms with Crippen LogP contribution in [0.25, 0.3) is 0 Å². The van der Waals surface area contributed by atoms with Gasteiger partial charge >= 0.3 is 5.97 Å². The first-order valence-corrected chi connectivity index (χ1v) is 8.89. The molecule has 0 aromatic heterocycles. The van der Waals surface area contributed by atoms with Crippen LogP contribution in [0.4, 0.5) is 0 Å². The molecule has 0 aliphatic heterocycles. The molecule has 0 spiro atoms. The van der Waals surface area contributed by atoms with Crippen LogP contribution in [-0.2, 0) is 14.3 Å². The van der Waals surface area contributed by atoms with Gasteiger partial charge in [-0.1, -0.05) is 18.0 Å². The minimum Gasteiger partial charge on any atom is -0.455 e. The van der Waals surface area contributed by atoms with Gasteiger partial charge in [0, 0.05) is 17.0 Å². The smallest absolute Gasteiger partial charge is 0.306 e. The molecule has 2 saturated carbocycles. The molecule has 0 unspecified atom stereocenters. The van der Waals surface area contributed by atoms with Gasteiger partial charge in [0.2, 0.25) is 0 Å². The van der Waals surface area contributed by atoms with Gasteiger partial charge in [-0.05, 0) is 61.3 Å². The van der Waals surface area contributed by atoms with Crippen molar-refractivity contribution in [1.82, 2.24) is 10.9 Å². The van der Waals surface area contributed by atoms with Gasteiger partial charge in [0.1, 0.15) is 0 Å². The van der Waals surface area contributed by atoms with Gasteiger partial charge in [-0.25, -0.2) is 0 Å². The highest BCUT2D eigenvalue weighted by molar-refractivity contribution is 6.30. The molecule has 2 amide bonds. The standard InChI is InChI=1S/C18H21ClN2O4/c19-15-5-3-12(4-6-15)18(24)21-20-16(22)10-25-17(23)9-14-8-11-1-2-13(14)7-11/h3-6,11,13-14H,1-2,7-10H2,(H,20,22)(H,21,24)/t11-,13-,14+/m1/s1. The summed E-state index contributed by atoms with van der Waals surface area (Å²) in [5, 5.41) is 0.517. The fraction of sp³-hybridized carbons (Fsp3) is 0.500. The van der Waals surface area contributed by atoms with Gasteiger partial charge in [0.05, 0.1) is 0 Å². The molecular weight excluding hydrogens is 344 g/mol. The summed E-state index contributed by atoms with van der Waals surface area (Å²) in [5.41, 5.74) is 4.85. The van der Waals surface area contributed by atoms with Crippen LogP contribution >= 0.6 is 11.6 Å². The van der Waals surface area contributed by atoms with Crippen LogP contribution in [0, 0.1) is 17.8 Å². The fourth-order valence-electron chi connectivity index (χ4n) is 3.88. The zero-order valence-corrected chi connectivity index (χ0v) is 14.6. The lowest BCUT2D eigenvalue weighted by Crippen LogP contribution is -2.43. The largest absolute Gasteiger partial charge is 0.455 e. The normalized spacial score (nSPS) is 24.0. The van der Waals surface area contributed by atoms with Crippen molar-refractivity contribution in [3.8, 4) is 0 Å². The number of hydrogen-bond acceptors (Lipinski definition) is 4. The predicted octanol–water partition coefficient (Wildman–Crippen LogP) is 2.47. The molecular formula is C18H21ClN2O4. The minimum absolute atomic E-state index is 0.350. The highest BCUT2D eigenvalue weighted by Gasteiger charge is 2.40. The molecule has 3 atom stereocenters. The molecule has 134 valence electrons. The Morgan fingerprint density at radius 1 is 1.08 bits per heavy atom. The summed E-state index contributed by atoms with van der Waals surface area (Å²) < 4.78 is 5.01. The third kappa shape index (κ3) is 4.72. The number of halogens is 1. The van der Waals surface area contributed by atoms with Gasteiger partial charge in [-0.3, -0.25) is 25.2 Å². The Morgan fingerprint density at radius 3 is 2.48 bits per heavy atom. The second-order valence-corrected chi connectivity index (χ2v) is 7.25. The van der Waals surface area contributed by atoms with Gasteiger partial charge < -0.3 is 4.74 Å². The van der Waals surface area contributed by atoms with Crippen molar-refractivity contribution in [2.45, 2.75) is 32.1 Å². The van der Waals surface area contributed by atoms with Crippen LogP contribution in [0.1, 0.15) is 42.5 Å². The first-order chi connectivity index (χ1) is 12.0. The lowest BCUT2D eigenvalue weighted by Gasteiger charge is -2.20. The summed E-state index contributed by atoms with van der Waals surface area (Å²) in [7, 11) is 0. The maximum absolute atomic E-state index is 11.9. The first kappa shape index (κ1) is 17.7. The van der Waals surface area contributed by atoms with Crippen molar-refractivity contribution < 1.29 is 19.1 Å². The molecule has 2 fully saturated rings. The molecule has 0 heterocycles. The molecule has 0 saturated heterocycles. The molecule has 2 bridgehead atoms. The number of hydrogen-bond donors (Lipinski definition) is 2. The summed E-state index contributed by atoms with van der Waals surface area (Å²) in [5.74, 6) is 0.414. The van der Waals surface area contributed by atoms with E-state index in [2.05, 4.69) is 10.9 Å². The Morgan fingerprint density at radius 2 is 1.84 bits per heavy atom.